The number of carboxylic acids is 1. The van der Waals surface area contributed by atoms with Gasteiger partial charge in [-0.3, -0.25) is 4.79 Å². The normalized spacial score (nSPS) is 16.9. The van der Waals surface area contributed by atoms with Gasteiger partial charge in [-0.1, -0.05) is 6.07 Å². The first-order chi connectivity index (χ1) is 7.87. The molecular formula is C13H15BrO3. The Morgan fingerprint density at radius 1 is 1.47 bits per heavy atom. The number of benzene rings is 1. The van der Waals surface area contributed by atoms with Gasteiger partial charge in [-0.05, 0) is 53.7 Å². The molecule has 0 atom stereocenters. The molecule has 1 aliphatic rings. The number of rotatable bonds is 3. The lowest BCUT2D eigenvalue weighted by molar-refractivity contribution is -0.137. The van der Waals surface area contributed by atoms with Gasteiger partial charge in [0.05, 0.1) is 10.9 Å². The number of halogens is 1. The molecule has 0 bridgehead atoms. The molecule has 1 aliphatic carbocycles. The Kier molecular flexibility index (Phi) is 2.94. The number of aromatic hydroxyl groups is 1. The largest absolute Gasteiger partial charge is 0.506 e. The molecule has 0 saturated heterocycles. The highest BCUT2D eigenvalue weighted by Gasteiger charge is 2.48. The van der Waals surface area contributed by atoms with Crippen molar-refractivity contribution < 1.29 is 15.0 Å². The van der Waals surface area contributed by atoms with Gasteiger partial charge in [-0.2, -0.15) is 0 Å². The Balaban J connectivity index is 2.50. The Labute approximate surface area is 109 Å². The van der Waals surface area contributed by atoms with Crippen LogP contribution in [0.3, 0.4) is 0 Å². The van der Waals surface area contributed by atoms with E-state index in [-0.39, 0.29) is 17.6 Å². The van der Waals surface area contributed by atoms with Crippen molar-refractivity contribution in [3.8, 4) is 5.75 Å². The van der Waals surface area contributed by atoms with E-state index < -0.39 is 5.97 Å². The van der Waals surface area contributed by atoms with Gasteiger partial charge in [0.15, 0.2) is 0 Å². The van der Waals surface area contributed by atoms with Crippen molar-refractivity contribution in [3.63, 3.8) is 0 Å². The van der Waals surface area contributed by atoms with Crippen LogP contribution in [-0.2, 0) is 10.2 Å². The molecule has 0 amide bonds. The highest BCUT2D eigenvalue weighted by molar-refractivity contribution is 9.10. The Morgan fingerprint density at radius 2 is 2.06 bits per heavy atom. The second kappa shape index (κ2) is 4.02. The third-order valence-electron chi connectivity index (χ3n) is 3.66. The van der Waals surface area contributed by atoms with Crippen LogP contribution in [0.4, 0.5) is 0 Å². The van der Waals surface area contributed by atoms with Gasteiger partial charge in [0.25, 0.3) is 0 Å². The van der Waals surface area contributed by atoms with E-state index in [0.29, 0.717) is 4.47 Å². The van der Waals surface area contributed by atoms with Gasteiger partial charge in [-0.25, -0.2) is 0 Å². The maximum absolute atomic E-state index is 10.9. The summed E-state index contributed by atoms with van der Waals surface area (Å²) in [5.74, 6) is -0.608. The average Bonchev–Trinajstić information content (AvgIpc) is 3.00. The summed E-state index contributed by atoms with van der Waals surface area (Å²) in [7, 11) is 0. The van der Waals surface area contributed by atoms with Crippen LogP contribution in [-0.4, -0.2) is 16.2 Å². The molecule has 1 aromatic carbocycles. The number of aryl methyl sites for hydroxylation is 1. The van der Waals surface area contributed by atoms with Gasteiger partial charge in [0.1, 0.15) is 5.75 Å². The SMILES string of the molecule is Cc1cc(C2(CC(=O)O)CC2)c(O)c(Br)c1C. The first-order valence-electron chi connectivity index (χ1n) is 5.58. The molecule has 17 heavy (non-hydrogen) atoms. The minimum atomic E-state index is -0.809. The molecule has 1 aromatic rings. The van der Waals surface area contributed by atoms with Crippen LogP contribution >= 0.6 is 15.9 Å². The molecule has 4 heteroatoms. The summed E-state index contributed by atoms with van der Waals surface area (Å²) in [6.07, 6.45) is 1.76. The van der Waals surface area contributed by atoms with Gasteiger partial charge in [-0.15, -0.1) is 0 Å². The van der Waals surface area contributed by atoms with Crippen LogP contribution in [0.2, 0.25) is 0 Å². The smallest absolute Gasteiger partial charge is 0.304 e. The number of phenolic OH excluding ortho intramolecular Hbond substituents is 1. The molecule has 0 aromatic heterocycles. The molecule has 2 N–H and O–H groups in total. The molecule has 0 unspecified atom stereocenters. The summed E-state index contributed by atoms with van der Waals surface area (Å²) >= 11 is 3.37. The highest BCUT2D eigenvalue weighted by atomic mass is 79.9. The van der Waals surface area contributed by atoms with Crippen molar-refractivity contribution in [2.75, 3.05) is 0 Å². The summed E-state index contributed by atoms with van der Waals surface area (Å²) in [5, 5.41) is 19.1. The summed E-state index contributed by atoms with van der Waals surface area (Å²) in [4.78, 5) is 10.9. The van der Waals surface area contributed by atoms with Crippen molar-refractivity contribution in [2.24, 2.45) is 0 Å². The van der Waals surface area contributed by atoms with Crippen LogP contribution in [0.1, 0.15) is 36.0 Å². The fourth-order valence-corrected chi connectivity index (χ4v) is 2.77. The van der Waals surface area contributed by atoms with E-state index in [1.165, 1.54) is 0 Å². The lowest BCUT2D eigenvalue weighted by Gasteiger charge is -2.18. The minimum absolute atomic E-state index is 0.0928. The second-order valence-corrected chi connectivity index (χ2v) is 5.67. The lowest BCUT2D eigenvalue weighted by Crippen LogP contribution is -2.13. The lowest BCUT2D eigenvalue weighted by atomic mass is 9.89. The number of aliphatic carboxylic acids is 1. The first kappa shape index (κ1) is 12.4. The van der Waals surface area contributed by atoms with E-state index in [9.17, 15) is 9.90 Å². The fraction of sp³-hybridized carbons (Fsp3) is 0.462. The first-order valence-corrected chi connectivity index (χ1v) is 6.37. The number of carboxylic acid groups (broad SMARTS) is 1. The average molecular weight is 299 g/mol. The molecule has 2 rings (SSSR count). The van der Waals surface area contributed by atoms with Crippen molar-refractivity contribution in [1.29, 1.82) is 0 Å². The quantitative estimate of drug-likeness (QED) is 0.900. The molecule has 1 saturated carbocycles. The topological polar surface area (TPSA) is 57.5 Å². The third-order valence-corrected chi connectivity index (χ3v) is 4.63. The number of hydrogen-bond acceptors (Lipinski definition) is 2. The summed E-state index contributed by atoms with van der Waals surface area (Å²) in [5.41, 5.74) is 2.49. The van der Waals surface area contributed by atoms with Crippen LogP contribution in [0.15, 0.2) is 10.5 Å². The zero-order valence-corrected chi connectivity index (χ0v) is 11.5. The van der Waals surface area contributed by atoms with Crippen molar-refractivity contribution in [3.05, 3.63) is 27.2 Å². The summed E-state index contributed by atoms with van der Waals surface area (Å²) < 4.78 is 0.684. The van der Waals surface area contributed by atoms with Crippen LogP contribution < -0.4 is 0 Å². The second-order valence-electron chi connectivity index (χ2n) is 4.88. The zero-order chi connectivity index (χ0) is 12.8. The minimum Gasteiger partial charge on any atom is -0.506 e. The molecule has 92 valence electrons. The maximum Gasteiger partial charge on any atom is 0.304 e. The highest BCUT2D eigenvalue weighted by Crippen LogP contribution is 2.55. The molecule has 1 fully saturated rings. The van der Waals surface area contributed by atoms with Crippen molar-refractivity contribution in [2.45, 2.75) is 38.5 Å². The van der Waals surface area contributed by atoms with Crippen molar-refractivity contribution in [1.82, 2.24) is 0 Å². The third kappa shape index (κ3) is 2.06. The van der Waals surface area contributed by atoms with Gasteiger partial charge in [0.2, 0.25) is 0 Å². The molecule has 3 nitrogen and oxygen atoms in total. The molecule has 0 radical (unpaired) electrons. The molecule has 0 heterocycles. The fourth-order valence-electron chi connectivity index (χ4n) is 2.25. The van der Waals surface area contributed by atoms with E-state index in [1.807, 2.05) is 19.9 Å². The predicted octanol–water partition coefficient (Wildman–Crippen LogP) is 3.28. The van der Waals surface area contributed by atoms with Crippen LogP contribution in [0.5, 0.6) is 5.75 Å². The number of phenols is 1. The van der Waals surface area contributed by atoms with E-state index in [0.717, 1.165) is 29.5 Å². The van der Waals surface area contributed by atoms with Gasteiger partial charge in [0, 0.05) is 11.0 Å². The predicted molar refractivity (Wildman–Crippen MR) is 68.4 cm³/mol. The van der Waals surface area contributed by atoms with E-state index in [4.69, 9.17) is 5.11 Å². The van der Waals surface area contributed by atoms with Crippen LogP contribution in [0.25, 0.3) is 0 Å². The molecule has 0 aliphatic heterocycles. The molecule has 0 spiro atoms. The number of carbonyl (C=O) groups is 1. The Hall–Kier alpha value is -1.03. The zero-order valence-electron chi connectivity index (χ0n) is 9.88. The Morgan fingerprint density at radius 3 is 2.53 bits per heavy atom. The van der Waals surface area contributed by atoms with Gasteiger partial charge < -0.3 is 10.2 Å². The number of hydrogen-bond donors (Lipinski definition) is 2. The van der Waals surface area contributed by atoms with Gasteiger partial charge >= 0.3 is 5.97 Å². The van der Waals surface area contributed by atoms with Crippen LogP contribution in [0, 0.1) is 13.8 Å². The van der Waals surface area contributed by atoms with Crippen molar-refractivity contribution >= 4 is 21.9 Å². The molecular weight excluding hydrogens is 284 g/mol. The monoisotopic (exact) mass is 298 g/mol. The standard InChI is InChI=1S/C13H15BrO3/c1-7-5-9(12(17)11(14)8(7)2)13(3-4-13)6-10(15)16/h5,17H,3-4,6H2,1-2H3,(H,15,16). The van der Waals surface area contributed by atoms with E-state index in [2.05, 4.69) is 15.9 Å². The summed E-state index contributed by atoms with van der Waals surface area (Å²) in [6, 6.07) is 1.92. The van der Waals surface area contributed by atoms with E-state index >= 15 is 0 Å². The Bertz CT molecular complexity index is 490. The maximum atomic E-state index is 10.9. The van der Waals surface area contributed by atoms with E-state index in [1.54, 1.807) is 0 Å². The summed E-state index contributed by atoms with van der Waals surface area (Å²) in [6.45, 7) is 3.90.